The predicted octanol–water partition coefficient (Wildman–Crippen LogP) is 5.14. The maximum absolute atomic E-state index is 13.1. The SMILES string of the molecule is CCN(CC)C(=O)c1cc(OCc2ccccc2)cc(OCc2ccccc2)c1C=O. The summed E-state index contributed by atoms with van der Waals surface area (Å²) in [5.41, 5.74) is 2.49. The molecule has 0 aromatic heterocycles. The minimum absolute atomic E-state index is 0.221. The number of rotatable bonds is 10. The number of aldehydes is 1. The van der Waals surface area contributed by atoms with Crippen LogP contribution >= 0.6 is 0 Å². The van der Waals surface area contributed by atoms with Gasteiger partial charge in [-0.05, 0) is 31.0 Å². The summed E-state index contributed by atoms with van der Waals surface area (Å²) in [7, 11) is 0. The van der Waals surface area contributed by atoms with Crippen molar-refractivity contribution >= 4 is 12.2 Å². The summed E-state index contributed by atoms with van der Waals surface area (Å²) in [4.78, 5) is 26.7. The molecule has 0 aliphatic heterocycles. The van der Waals surface area contributed by atoms with E-state index in [2.05, 4.69) is 0 Å². The predicted molar refractivity (Wildman–Crippen MR) is 121 cm³/mol. The molecule has 0 saturated carbocycles. The number of hydrogen-bond acceptors (Lipinski definition) is 4. The largest absolute Gasteiger partial charge is 0.489 e. The minimum Gasteiger partial charge on any atom is -0.489 e. The van der Waals surface area contributed by atoms with Crippen LogP contribution < -0.4 is 9.47 Å². The van der Waals surface area contributed by atoms with Gasteiger partial charge in [-0.1, -0.05) is 60.7 Å². The molecule has 0 aliphatic rings. The van der Waals surface area contributed by atoms with E-state index in [1.54, 1.807) is 17.0 Å². The Labute approximate surface area is 183 Å². The van der Waals surface area contributed by atoms with E-state index in [-0.39, 0.29) is 23.6 Å². The van der Waals surface area contributed by atoms with E-state index >= 15 is 0 Å². The minimum atomic E-state index is -0.221. The van der Waals surface area contributed by atoms with Gasteiger partial charge in [0.15, 0.2) is 6.29 Å². The van der Waals surface area contributed by atoms with Crippen molar-refractivity contribution in [2.45, 2.75) is 27.1 Å². The van der Waals surface area contributed by atoms with E-state index in [4.69, 9.17) is 9.47 Å². The summed E-state index contributed by atoms with van der Waals surface area (Å²) in [5.74, 6) is 0.592. The fraction of sp³-hybridized carbons (Fsp3) is 0.231. The van der Waals surface area contributed by atoms with Crippen LogP contribution in [-0.4, -0.2) is 30.2 Å². The zero-order valence-corrected chi connectivity index (χ0v) is 17.9. The van der Waals surface area contributed by atoms with Crippen molar-refractivity contribution in [3.05, 3.63) is 95.1 Å². The summed E-state index contributed by atoms with van der Waals surface area (Å²) < 4.78 is 11.9. The molecule has 160 valence electrons. The van der Waals surface area contributed by atoms with Gasteiger partial charge in [-0.2, -0.15) is 0 Å². The monoisotopic (exact) mass is 417 g/mol. The molecule has 1 amide bonds. The van der Waals surface area contributed by atoms with Gasteiger partial charge in [0.1, 0.15) is 24.7 Å². The van der Waals surface area contributed by atoms with Gasteiger partial charge < -0.3 is 14.4 Å². The highest BCUT2D eigenvalue weighted by Gasteiger charge is 2.22. The van der Waals surface area contributed by atoms with Crippen LogP contribution in [-0.2, 0) is 13.2 Å². The molecular formula is C26H27NO4. The molecule has 0 fully saturated rings. The highest BCUT2D eigenvalue weighted by Crippen LogP contribution is 2.30. The molecule has 0 atom stereocenters. The first-order valence-electron chi connectivity index (χ1n) is 10.4. The first-order valence-corrected chi connectivity index (χ1v) is 10.4. The van der Waals surface area contributed by atoms with E-state index in [1.807, 2.05) is 74.5 Å². The third kappa shape index (κ3) is 5.72. The van der Waals surface area contributed by atoms with Crippen molar-refractivity contribution in [1.82, 2.24) is 4.90 Å². The number of ether oxygens (including phenoxy) is 2. The lowest BCUT2D eigenvalue weighted by Crippen LogP contribution is -2.31. The first kappa shape index (κ1) is 22.1. The number of benzene rings is 3. The average Bonchev–Trinajstić information content (AvgIpc) is 2.83. The van der Waals surface area contributed by atoms with Gasteiger partial charge in [0.05, 0.1) is 11.1 Å². The number of carbonyl (C=O) groups excluding carboxylic acids is 2. The second-order valence-electron chi connectivity index (χ2n) is 7.03. The van der Waals surface area contributed by atoms with E-state index in [0.29, 0.717) is 37.5 Å². The van der Waals surface area contributed by atoms with E-state index in [9.17, 15) is 9.59 Å². The van der Waals surface area contributed by atoms with E-state index < -0.39 is 0 Å². The molecule has 5 nitrogen and oxygen atoms in total. The van der Waals surface area contributed by atoms with Crippen molar-refractivity contribution in [1.29, 1.82) is 0 Å². The summed E-state index contributed by atoms with van der Waals surface area (Å²) >= 11 is 0. The Morgan fingerprint density at radius 3 is 1.90 bits per heavy atom. The maximum atomic E-state index is 13.1. The summed E-state index contributed by atoms with van der Waals surface area (Å²) in [5, 5.41) is 0. The summed E-state index contributed by atoms with van der Waals surface area (Å²) in [6.45, 7) is 5.53. The highest BCUT2D eigenvalue weighted by atomic mass is 16.5. The lowest BCUT2D eigenvalue weighted by molar-refractivity contribution is 0.0768. The number of nitrogens with zero attached hydrogens (tertiary/aromatic N) is 1. The van der Waals surface area contributed by atoms with Crippen molar-refractivity contribution in [2.75, 3.05) is 13.1 Å². The van der Waals surface area contributed by atoms with Crippen LogP contribution in [0, 0.1) is 0 Å². The number of carbonyl (C=O) groups is 2. The van der Waals surface area contributed by atoms with Crippen LogP contribution in [0.25, 0.3) is 0 Å². The average molecular weight is 418 g/mol. The fourth-order valence-corrected chi connectivity index (χ4v) is 3.26. The Morgan fingerprint density at radius 2 is 1.39 bits per heavy atom. The topological polar surface area (TPSA) is 55.8 Å². The fourth-order valence-electron chi connectivity index (χ4n) is 3.26. The molecule has 0 aliphatic carbocycles. The highest BCUT2D eigenvalue weighted by molar-refractivity contribution is 6.03. The quantitative estimate of drug-likeness (QED) is 0.429. The van der Waals surface area contributed by atoms with E-state index in [0.717, 1.165) is 11.1 Å². The molecule has 0 radical (unpaired) electrons. The Kier molecular flexibility index (Phi) is 7.82. The first-order chi connectivity index (χ1) is 15.2. The Hall–Kier alpha value is -3.60. The van der Waals surface area contributed by atoms with Gasteiger partial charge in [-0.25, -0.2) is 0 Å². The zero-order valence-electron chi connectivity index (χ0n) is 17.9. The third-order valence-corrected chi connectivity index (χ3v) is 5.00. The Balaban J connectivity index is 1.94. The van der Waals surface area contributed by atoms with Crippen molar-refractivity contribution in [3.63, 3.8) is 0 Å². The van der Waals surface area contributed by atoms with Gasteiger partial charge in [-0.3, -0.25) is 9.59 Å². The van der Waals surface area contributed by atoms with Gasteiger partial charge in [0, 0.05) is 19.2 Å². The molecule has 5 heteroatoms. The maximum Gasteiger partial charge on any atom is 0.254 e. The van der Waals surface area contributed by atoms with Gasteiger partial charge in [0.25, 0.3) is 5.91 Å². The summed E-state index contributed by atoms with van der Waals surface area (Å²) in [6, 6.07) is 22.7. The van der Waals surface area contributed by atoms with Gasteiger partial charge in [-0.15, -0.1) is 0 Å². The standard InChI is InChI=1S/C26H27NO4/c1-3-27(4-2)26(29)23-15-22(30-18-20-11-7-5-8-12-20)16-25(24(23)17-28)31-19-21-13-9-6-10-14-21/h5-17H,3-4,18-19H2,1-2H3. The number of amides is 1. The molecule has 3 aromatic rings. The van der Waals surface area contributed by atoms with Gasteiger partial charge >= 0.3 is 0 Å². The molecule has 3 aromatic carbocycles. The van der Waals surface area contributed by atoms with Crippen LogP contribution in [0.1, 0.15) is 45.7 Å². The van der Waals surface area contributed by atoms with Crippen molar-refractivity contribution in [3.8, 4) is 11.5 Å². The molecule has 3 rings (SSSR count). The molecule has 0 N–H and O–H groups in total. The van der Waals surface area contributed by atoms with Crippen molar-refractivity contribution < 1.29 is 19.1 Å². The second-order valence-corrected chi connectivity index (χ2v) is 7.03. The van der Waals surface area contributed by atoms with E-state index in [1.165, 1.54) is 0 Å². The molecule has 0 heterocycles. The molecule has 0 bridgehead atoms. The molecular weight excluding hydrogens is 390 g/mol. The number of hydrogen-bond donors (Lipinski definition) is 0. The van der Waals surface area contributed by atoms with Crippen LogP contribution in [0.15, 0.2) is 72.8 Å². The van der Waals surface area contributed by atoms with Crippen LogP contribution in [0.4, 0.5) is 0 Å². The third-order valence-electron chi connectivity index (χ3n) is 5.00. The van der Waals surface area contributed by atoms with Gasteiger partial charge in [0.2, 0.25) is 0 Å². The smallest absolute Gasteiger partial charge is 0.254 e. The Bertz CT molecular complexity index is 999. The lowest BCUT2D eigenvalue weighted by atomic mass is 10.0. The van der Waals surface area contributed by atoms with Crippen LogP contribution in [0.2, 0.25) is 0 Å². The molecule has 0 spiro atoms. The van der Waals surface area contributed by atoms with Crippen LogP contribution in [0.5, 0.6) is 11.5 Å². The van der Waals surface area contributed by atoms with Crippen molar-refractivity contribution in [2.24, 2.45) is 0 Å². The molecule has 0 unspecified atom stereocenters. The zero-order chi connectivity index (χ0) is 22.1. The summed E-state index contributed by atoms with van der Waals surface area (Å²) in [6.07, 6.45) is 0.679. The second kappa shape index (κ2) is 11.0. The lowest BCUT2D eigenvalue weighted by Gasteiger charge is -2.21. The van der Waals surface area contributed by atoms with Crippen LogP contribution in [0.3, 0.4) is 0 Å². The normalized spacial score (nSPS) is 10.4. The Morgan fingerprint density at radius 1 is 0.839 bits per heavy atom. The molecule has 31 heavy (non-hydrogen) atoms. The molecule has 0 saturated heterocycles.